The van der Waals surface area contributed by atoms with Gasteiger partial charge in [0.05, 0.1) is 4.47 Å². The number of nitrogens with zero attached hydrogens (tertiary/aromatic N) is 2. The number of carbonyl (C=O) groups is 1. The molecular weight excluding hydrogens is 415 g/mol. The van der Waals surface area contributed by atoms with Gasteiger partial charge in [0.25, 0.3) is 5.91 Å². The molecule has 0 unspecified atom stereocenters. The van der Waals surface area contributed by atoms with Crippen molar-refractivity contribution in [2.75, 3.05) is 11.9 Å². The van der Waals surface area contributed by atoms with Crippen LogP contribution in [0, 0.1) is 0 Å². The van der Waals surface area contributed by atoms with Crippen LogP contribution in [-0.4, -0.2) is 28.7 Å². The van der Waals surface area contributed by atoms with E-state index in [1.54, 1.807) is 24.4 Å². The maximum Gasteiger partial charge on any atom is 0.422 e. The van der Waals surface area contributed by atoms with Gasteiger partial charge in [-0.15, -0.1) is 0 Å². The molecule has 1 aromatic carbocycles. The molecular formula is C17H11BrF3N3O2. The second-order valence-electron chi connectivity index (χ2n) is 5.25. The van der Waals surface area contributed by atoms with Crippen LogP contribution in [0.3, 0.4) is 0 Å². The smallest absolute Gasteiger partial charge is 0.422 e. The minimum Gasteiger partial charge on any atom is -0.483 e. The number of hydrogen-bond acceptors (Lipinski definition) is 4. The predicted molar refractivity (Wildman–Crippen MR) is 93.2 cm³/mol. The second-order valence-corrected chi connectivity index (χ2v) is 6.10. The van der Waals surface area contributed by atoms with Crippen LogP contribution < -0.4 is 10.1 Å². The van der Waals surface area contributed by atoms with Crippen LogP contribution in [0.2, 0.25) is 0 Å². The largest absolute Gasteiger partial charge is 0.483 e. The molecule has 0 saturated carbocycles. The SMILES string of the molecule is O=C(Nc1ccc2cccnc2n1)c1ccc(Br)c(OCC(F)(F)F)c1. The lowest BCUT2D eigenvalue weighted by Gasteiger charge is -2.12. The van der Waals surface area contributed by atoms with Gasteiger partial charge in [-0.3, -0.25) is 4.79 Å². The number of fused-ring (bicyclic) bond motifs is 1. The van der Waals surface area contributed by atoms with E-state index in [0.717, 1.165) is 5.39 Å². The Kier molecular flexibility index (Phi) is 5.08. The van der Waals surface area contributed by atoms with E-state index in [1.165, 1.54) is 18.2 Å². The first-order valence-electron chi connectivity index (χ1n) is 7.34. The summed E-state index contributed by atoms with van der Waals surface area (Å²) in [6.07, 6.45) is -2.89. The van der Waals surface area contributed by atoms with Gasteiger partial charge in [0.1, 0.15) is 11.6 Å². The normalized spacial score (nSPS) is 11.4. The van der Waals surface area contributed by atoms with E-state index in [-0.39, 0.29) is 17.1 Å². The molecule has 0 spiro atoms. The molecule has 0 aliphatic carbocycles. The summed E-state index contributed by atoms with van der Waals surface area (Å²) in [4.78, 5) is 20.7. The summed E-state index contributed by atoms with van der Waals surface area (Å²) >= 11 is 3.10. The number of hydrogen-bond donors (Lipinski definition) is 1. The van der Waals surface area contributed by atoms with Crippen molar-refractivity contribution in [1.82, 2.24) is 9.97 Å². The van der Waals surface area contributed by atoms with E-state index in [4.69, 9.17) is 4.74 Å². The van der Waals surface area contributed by atoms with Crippen LogP contribution in [-0.2, 0) is 0 Å². The zero-order chi connectivity index (χ0) is 18.7. The first-order chi connectivity index (χ1) is 12.3. The first-order valence-corrected chi connectivity index (χ1v) is 8.13. The molecule has 0 bridgehead atoms. The number of nitrogens with one attached hydrogen (secondary N) is 1. The number of anilines is 1. The number of aromatic nitrogens is 2. The lowest BCUT2D eigenvalue weighted by molar-refractivity contribution is -0.153. The van der Waals surface area contributed by atoms with E-state index in [0.29, 0.717) is 10.1 Å². The number of benzene rings is 1. The predicted octanol–water partition coefficient (Wildman–Crippen LogP) is 4.59. The Balaban J connectivity index is 1.78. The molecule has 134 valence electrons. The van der Waals surface area contributed by atoms with E-state index in [1.807, 2.05) is 6.07 Å². The van der Waals surface area contributed by atoms with Crippen LogP contribution >= 0.6 is 15.9 Å². The van der Waals surface area contributed by atoms with Crippen LogP contribution in [0.25, 0.3) is 11.0 Å². The van der Waals surface area contributed by atoms with Gasteiger partial charge in [0.2, 0.25) is 0 Å². The Morgan fingerprint density at radius 1 is 1.19 bits per heavy atom. The summed E-state index contributed by atoms with van der Waals surface area (Å²) in [6.45, 7) is -1.45. The monoisotopic (exact) mass is 425 g/mol. The number of rotatable bonds is 4. The lowest BCUT2D eigenvalue weighted by atomic mass is 10.2. The fourth-order valence-electron chi connectivity index (χ4n) is 2.13. The van der Waals surface area contributed by atoms with Crippen LogP contribution in [0.5, 0.6) is 5.75 Å². The van der Waals surface area contributed by atoms with Gasteiger partial charge in [0, 0.05) is 17.1 Å². The van der Waals surface area contributed by atoms with E-state index >= 15 is 0 Å². The van der Waals surface area contributed by atoms with E-state index in [2.05, 4.69) is 31.2 Å². The highest BCUT2D eigenvalue weighted by atomic mass is 79.9. The number of alkyl halides is 3. The molecule has 1 N–H and O–H groups in total. The van der Waals surface area contributed by atoms with Crippen molar-refractivity contribution in [3.8, 4) is 5.75 Å². The molecule has 2 aromatic heterocycles. The van der Waals surface area contributed by atoms with Gasteiger partial charge in [-0.25, -0.2) is 9.97 Å². The number of carbonyl (C=O) groups excluding carboxylic acids is 1. The standard InChI is InChI=1S/C17H11BrF3N3O2/c18-12-5-3-11(8-13(12)26-9-17(19,20)21)16(25)24-14-6-4-10-2-1-7-22-15(10)23-14/h1-8H,9H2,(H,22,23,24,25). The lowest BCUT2D eigenvalue weighted by Crippen LogP contribution is -2.20. The second kappa shape index (κ2) is 7.28. The van der Waals surface area contributed by atoms with Crippen molar-refractivity contribution >= 4 is 38.7 Å². The molecule has 0 saturated heterocycles. The fourth-order valence-corrected chi connectivity index (χ4v) is 2.49. The highest BCUT2D eigenvalue weighted by molar-refractivity contribution is 9.10. The summed E-state index contributed by atoms with van der Waals surface area (Å²) < 4.78 is 42.0. The van der Waals surface area contributed by atoms with Crippen molar-refractivity contribution in [1.29, 1.82) is 0 Å². The van der Waals surface area contributed by atoms with Gasteiger partial charge in [-0.05, 0) is 58.4 Å². The summed E-state index contributed by atoms with van der Waals surface area (Å²) in [5.74, 6) is -0.331. The van der Waals surface area contributed by atoms with Gasteiger partial charge < -0.3 is 10.1 Å². The molecule has 9 heteroatoms. The third-order valence-electron chi connectivity index (χ3n) is 3.29. The Hall–Kier alpha value is -2.68. The highest BCUT2D eigenvalue weighted by Gasteiger charge is 2.29. The molecule has 3 aromatic rings. The van der Waals surface area contributed by atoms with Crippen molar-refractivity contribution < 1.29 is 22.7 Å². The van der Waals surface area contributed by atoms with Gasteiger partial charge in [0.15, 0.2) is 12.3 Å². The molecule has 0 atom stereocenters. The molecule has 5 nitrogen and oxygen atoms in total. The summed E-state index contributed by atoms with van der Waals surface area (Å²) in [5, 5.41) is 3.40. The maximum absolute atomic E-state index is 12.4. The van der Waals surface area contributed by atoms with Crippen molar-refractivity contribution in [3.05, 3.63) is 58.7 Å². The number of pyridine rings is 2. The number of halogens is 4. The molecule has 3 rings (SSSR count). The average molecular weight is 426 g/mol. The summed E-state index contributed by atoms with van der Waals surface area (Å²) in [5.41, 5.74) is 0.601. The Morgan fingerprint density at radius 3 is 2.77 bits per heavy atom. The molecule has 26 heavy (non-hydrogen) atoms. The van der Waals surface area contributed by atoms with Crippen molar-refractivity contribution in [3.63, 3.8) is 0 Å². The van der Waals surface area contributed by atoms with Crippen LogP contribution in [0.4, 0.5) is 19.0 Å². The Labute approximate surface area is 154 Å². The third kappa shape index (κ3) is 4.48. The van der Waals surface area contributed by atoms with Crippen molar-refractivity contribution in [2.24, 2.45) is 0 Å². The summed E-state index contributed by atoms with van der Waals surface area (Å²) in [7, 11) is 0. The van der Waals surface area contributed by atoms with Gasteiger partial charge >= 0.3 is 6.18 Å². The number of ether oxygens (including phenoxy) is 1. The molecule has 0 aliphatic heterocycles. The highest BCUT2D eigenvalue weighted by Crippen LogP contribution is 2.28. The fraction of sp³-hybridized carbons (Fsp3) is 0.118. The Bertz CT molecular complexity index is 963. The topological polar surface area (TPSA) is 64.1 Å². The molecule has 0 fully saturated rings. The molecule has 1 amide bonds. The van der Waals surface area contributed by atoms with Crippen LogP contribution in [0.15, 0.2) is 53.1 Å². The van der Waals surface area contributed by atoms with Gasteiger partial charge in [-0.2, -0.15) is 13.2 Å². The van der Waals surface area contributed by atoms with E-state index in [9.17, 15) is 18.0 Å². The minimum atomic E-state index is -4.47. The molecule has 2 heterocycles. The Morgan fingerprint density at radius 2 is 2.00 bits per heavy atom. The maximum atomic E-state index is 12.4. The van der Waals surface area contributed by atoms with Gasteiger partial charge in [-0.1, -0.05) is 0 Å². The van der Waals surface area contributed by atoms with E-state index < -0.39 is 18.7 Å². The third-order valence-corrected chi connectivity index (χ3v) is 3.95. The number of amides is 1. The quantitative estimate of drug-likeness (QED) is 0.663. The van der Waals surface area contributed by atoms with Crippen molar-refractivity contribution in [2.45, 2.75) is 6.18 Å². The zero-order valence-corrected chi connectivity index (χ0v) is 14.6. The zero-order valence-electron chi connectivity index (χ0n) is 13.0. The summed E-state index contributed by atoms with van der Waals surface area (Å²) in [6, 6.07) is 11.1. The molecule has 0 radical (unpaired) electrons. The molecule has 0 aliphatic rings. The first kappa shape index (κ1) is 18.1. The van der Waals surface area contributed by atoms with Crippen LogP contribution in [0.1, 0.15) is 10.4 Å². The minimum absolute atomic E-state index is 0.0805. The average Bonchev–Trinajstić information content (AvgIpc) is 2.60.